The SMILES string of the molecule is C=C(OCC(C)OC(=O)c1ccc(C(=O)OCC(C)OC(=C)c2ccc(C)cc2)cc1)c1ccc(C)cc1. The molecule has 2 atom stereocenters. The molecule has 0 radical (unpaired) electrons. The second kappa shape index (κ2) is 13.3. The summed E-state index contributed by atoms with van der Waals surface area (Å²) >= 11 is 0. The number of carbonyl (C=O) groups excluding carboxylic acids is 2. The first-order valence-corrected chi connectivity index (χ1v) is 12.4. The lowest BCUT2D eigenvalue weighted by atomic mass is 10.1. The molecular formula is C32H34O6. The summed E-state index contributed by atoms with van der Waals surface area (Å²) < 4.78 is 22.3. The summed E-state index contributed by atoms with van der Waals surface area (Å²) in [6.45, 7) is 15.6. The third-order valence-electron chi connectivity index (χ3n) is 5.70. The van der Waals surface area contributed by atoms with Crippen LogP contribution in [0.25, 0.3) is 11.5 Å². The lowest BCUT2D eigenvalue weighted by Crippen LogP contribution is -2.20. The molecule has 0 fully saturated rings. The van der Waals surface area contributed by atoms with E-state index in [-0.39, 0.29) is 19.3 Å². The Kier molecular flexibility index (Phi) is 9.88. The minimum atomic E-state index is -0.516. The second-order valence-corrected chi connectivity index (χ2v) is 9.21. The molecule has 0 heterocycles. The van der Waals surface area contributed by atoms with E-state index in [1.807, 2.05) is 62.4 Å². The van der Waals surface area contributed by atoms with Crippen molar-refractivity contribution in [3.05, 3.63) is 119 Å². The fourth-order valence-corrected chi connectivity index (χ4v) is 3.43. The Morgan fingerprint density at radius 2 is 0.974 bits per heavy atom. The molecule has 3 aromatic carbocycles. The fraction of sp³-hybridized carbons (Fsp3) is 0.250. The van der Waals surface area contributed by atoms with Crippen LogP contribution in [0.5, 0.6) is 0 Å². The lowest BCUT2D eigenvalue weighted by Gasteiger charge is -2.17. The molecular weight excluding hydrogens is 480 g/mol. The van der Waals surface area contributed by atoms with Gasteiger partial charge in [0.05, 0.1) is 11.1 Å². The van der Waals surface area contributed by atoms with Crippen molar-refractivity contribution >= 4 is 23.5 Å². The third-order valence-corrected chi connectivity index (χ3v) is 5.70. The van der Waals surface area contributed by atoms with Gasteiger partial charge in [0.25, 0.3) is 0 Å². The molecule has 0 aliphatic rings. The van der Waals surface area contributed by atoms with Crippen molar-refractivity contribution in [1.82, 2.24) is 0 Å². The number of benzene rings is 3. The van der Waals surface area contributed by atoms with Gasteiger partial charge in [0.15, 0.2) is 0 Å². The molecule has 3 rings (SSSR count). The number of rotatable bonds is 12. The zero-order chi connectivity index (χ0) is 27.7. The van der Waals surface area contributed by atoms with Crippen molar-refractivity contribution in [2.75, 3.05) is 13.2 Å². The highest BCUT2D eigenvalue weighted by Crippen LogP contribution is 2.18. The van der Waals surface area contributed by atoms with Crippen molar-refractivity contribution in [2.45, 2.75) is 39.9 Å². The van der Waals surface area contributed by atoms with E-state index in [2.05, 4.69) is 13.2 Å². The maximum atomic E-state index is 12.5. The van der Waals surface area contributed by atoms with Gasteiger partial charge in [-0.3, -0.25) is 0 Å². The Morgan fingerprint density at radius 3 is 1.50 bits per heavy atom. The molecule has 0 aliphatic carbocycles. The maximum Gasteiger partial charge on any atom is 0.338 e. The van der Waals surface area contributed by atoms with Gasteiger partial charge in [-0.2, -0.15) is 0 Å². The molecule has 0 bridgehead atoms. The van der Waals surface area contributed by atoms with Crippen LogP contribution in [0.1, 0.15) is 56.8 Å². The van der Waals surface area contributed by atoms with Gasteiger partial charge in [0.2, 0.25) is 0 Å². The minimum Gasteiger partial charge on any atom is -0.490 e. The standard InChI is InChI=1S/C32H34O6/c1-21-7-11-27(12-8-21)25(5)35-19-24(4)38-32(34)30-17-15-29(16-18-30)31(33)36-20-23(3)37-26(6)28-13-9-22(2)10-14-28/h7-18,23-24H,5-6,19-20H2,1-4H3. The highest BCUT2D eigenvalue weighted by molar-refractivity contribution is 5.93. The van der Waals surface area contributed by atoms with E-state index in [4.69, 9.17) is 18.9 Å². The first-order valence-electron chi connectivity index (χ1n) is 12.4. The topological polar surface area (TPSA) is 71.1 Å². The van der Waals surface area contributed by atoms with Gasteiger partial charge in [0, 0.05) is 11.1 Å². The number of aryl methyl sites for hydroxylation is 2. The number of ether oxygens (including phenoxy) is 4. The second-order valence-electron chi connectivity index (χ2n) is 9.21. The largest absolute Gasteiger partial charge is 0.490 e. The summed E-state index contributed by atoms with van der Waals surface area (Å²) in [7, 11) is 0. The molecule has 3 aromatic rings. The van der Waals surface area contributed by atoms with Crippen molar-refractivity contribution in [3.63, 3.8) is 0 Å². The average molecular weight is 515 g/mol. The molecule has 0 saturated heterocycles. The fourth-order valence-electron chi connectivity index (χ4n) is 3.43. The van der Waals surface area contributed by atoms with Gasteiger partial charge in [-0.15, -0.1) is 0 Å². The first-order chi connectivity index (χ1) is 18.1. The number of carbonyl (C=O) groups is 2. The first kappa shape index (κ1) is 28.3. The van der Waals surface area contributed by atoms with Gasteiger partial charge in [0.1, 0.15) is 36.9 Å². The van der Waals surface area contributed by atoms with E-state index in [0.717, 1.165) is 22.3 Å². The maximum absolute atomic E-state index is 12.5. The summed E-state index contributed by atoms with van der Waals surface area (Å²) in [5.41, 5.74) is 4.66. The van der Waals surface area contributed by atoms with Gasteiger partial charge in [-0.1, -0.05) is 72.8 Å². The molecule has 0 amide bonds. The Labute approximate surface area is 224 Å². The molecule has 2 unspecified atom stereocenters. The van der Waals surface area contributed by atoms with Crippen LogP contribution in [0.3, 0.4) is 0 Å². The predicted molar refractivity (Wildman–Crippen MR) is 149 cm³/mol. The Bertz CT molecular complexity index is 1260. The van der Waals surface area contributed by atoms with Gasteiger partial charge >= 0.3 is 11.9 Å². The number of esters is 2. The molecule has 0 N–H and O–H groups in total. The number of hydrogen-bond acceptors (Lipinski definition) is 6. The molecule has 38 heavy (non-hydrogen) atoms. The summed E-state index contributed by atoms with van der Waals surface area (Å²) in [4.78, 5) is 24.9. The van der Waals surface area contributed by atoms with Crippen LogP contribution in [0, 0.1) is 13.8 Å². The summed E-state index contributed by atoms with van der Waals surface area (Å²) in [6.07, 6.45) is -0.877. The quantitative estimate of drug-likeness (QED) is 0.196. The van der Waals surface area contributed by atoms with Gasteiger partial charge in [-0.05, 0) is 52.0 Å². The molecule has 6 nitrogen and oxygen atoms in total. The van der Waals surface area contributed by atoms with Crippen molar-refractivity contribution in [1.29, 1.82) is 0 Å². The highest BCUT2D eigenvalue weighted by Gasteiger charge is 2.16. The van der Waals surface area contributed by atoms with Crippen LogP contribution < -0.4 is 0 Å². The summed E-state index contributed by atoms with van der Waals surface area (Å²) in [6, 6.07) is 21.7. The van der Waals surface area contributed by atoms with Crippen molar-refractivity contribution < 1.29 is 28.5 Å². The van der Waals surface area contributed by atoms with E-state index in [1.165, 1.54) is 24.3 Å². The van der Waals surface area contributed by atoms with Crippen LogP contribution in [-0.2, 0) is 18.9 Å². The molecule has 0 spiro atoms. The van der Waals surface area contributed by atoms with Crippen LogP contribution in [0.4, 0.5) is 0 Å². The van der Waals surface area contributed by atoms with E-state index in [9.17, 15) is 9.59 Å². The van der Waals surface area contributed by atoms with E-state index in [1.54, 1.807) is 13.8 Å². The van der Waals surface area contributed by atoms with Crippen LogP contribution >= 0.6 is 0 Å². The molecule has 198 valence electrons. The normalized spacial score (nSPS) is 12.1. The van der Waals surface area contributed by atoms with Crippen LogP contribution in [-0.4, -0.2) is 37.4 Å². The van der Waals surface area contributed by atoms with Crippen molar-refractivity contribution in [2.24, 2.45) is 0 Å². The lowest BCUT2D eigenvalue weighted by molar-refractivity contribution is 0.0196. The number of hydrogen-bond donors (Lipinski definition) is 0. The molecule has 0 aliphatic heterocycles. The molecule has 0 aromatic heterocycles. The average Bonchev–Trinajstić information content (AvgIpc) is 2.91. The van der Waals surface area contributed by atoms with Crippen LogP contribution in [0.15, 0.2) is 86.0 Å². The smallest absolute Gasteiger partial charge is 0.338 e. The predicted octanol–water partition coefficient (Wildman–Crippen LogP) is 6.77. The zero-order valence-electron chi connectivity index (χ0n) is 22.4. The van der Waals surface area contributed by atoms with E-state index in [0.29, 0.717) is 22.6 Å². The van der Waals surface area contributed by atoms with Crippen molar-refractivity contribution in [3.8, 4) is 0 Å². The Morgan fingerprint density at radius 1 is 0.579 bits per heavy atom. The highest BCUT2D eigenvalue weighted by atomic mass is 16.6. The monoisotopic (exact) mass is 514 g/mol. The Balaban J connectivity index is 1.42. The molecule has 0 saturated carbocycles. The third kappa shape index (κ3) is 8.37. The summed E-state index contributed by atoms with van der Waals surface area (Å²) in [5, 5.41) is 0. The summed E-state index contributed by atoms with van der Waals surface area (Å²) in [5.74, 6) is -0.0123. The van der Waals surface area contributed by atoms with Gasteiger partial charge in [-0.25, -0.2) is 9.59 Å². The Hall–Kier alpha value is -4.32. The minimum absolute atomic E-state index is 0.0545. The van der Waals surface area contributed by atoms with E-state index >= 15 is 0 Å². The molecule has 6 heteroatoms. The van der Waals surface area contributed by atoms with E-state index < -0.39 is 18.0 Å². The van der Waals surface area contributed by atoms with Crippen LogP contribution in [0.2, 0.25) is 0 Å². The van der Waals surface area contributed by atoms with Gasteiger partial charge < -0.3 is 18.9 Å². The zero-order valence-corrected chi connectivity index (χ0v) is 22.4.